The second kappa shape index (κ2) is 3.90. The van der Waals surface area contributed by atoms with Gasteiger partial charge in [0.15, 0.2) is 0 Å². The van der Waals surface area contributed by atoms with Gasteiger partial charge in [-0.25, -0.2) is 0 Å². The van der Waals surface area contributed by atoms with Gasteiger partial charge >= 0.3 is 0 Å². The molecule has 0 saturated carbocycles. The van der Waals surface area contributed by atoms with Gasteiger partial charge in [0.25, 0.3) is 0 Å². The average Bonchev–Trinajstić information content (AvgIpc) is 2.38. The Morgan fingerprint density at radius 2 is 2.45 bits per heavy atom. The number of azide groups is 1. The minimum atomic E-state index is 0.399. The van der Waals surface area contributed by atoms with Crippen molar-refractivity contribution < 1.29 is 0 Å². The van der Waals surface area contributed by atoms with E-state index >= 15 is 0 Å². The van der Waals surface area contributed by atoms with Gasteiger partial charge in [-0.3, -0.25) is 0 Å². The van der Waals surface area contributed by atoms with Crippen LogP contribution in [-0.2, 0) is 6.42 Å². The molecule has 58 valence electrons. The quantitative estimate of drug-likeness (QED) is 0.396. The standard InChI is InChI=1S/C5H7N5S/c1-2-3-4-7-8-5(11-4)9-10-6/h2-3H2,1H3. The zero-order chi connectivity index (χ0) is 8.10. The van der Waals surface area contributed by atoms with E-state index in [2.05, 4.69) is 27.1 Å². The van der Waals surface area contributed by atoms with Crippen LogP contribution in [0.3, 0.4) is 0 Å². The highest BCUT2D eigenvalue weighted by atomic mass is 32.1. The van der Waals surface area contributed by atoms with Crippen molar-refractivity contribution in [3.8, 4) is 0 Å². The predicted molar refractivity (Wildman–Crippen MR) is 42.7 cm³/mol. The first-order valence-electron chi connectivity index (χ1n) is 3.24. The summed E-state index contributed by atoms with van der Waals surface area (Å²) in [6.07, 6.45) is 1.93. The highest BCUT2D eigenvalue weighted by Gasteiger charge is 1.99. The monoisotopic (exact) mass is 169 g/mol. The van der Waals surface area contributed by atoms with E-state index in [1.807, 2.05) is 0 Å². The molecule has 5 nitrogen and oxygen atoms in total. The number of aromatic nitrogens is 2. The molecule has 0 radical (unpaired) electrons. The Hall–Kier alpha value is -1.13. The minimum Gasteiger partial charge on any atom is -0.143 e. The van der Waals surface area contributed by atoms with E-state index in [1.165, 1.54) is 11.3 Å². The SMILES string of the molecule is CCCc1nnc(N=[N+]=[N-])s1. The first-order chi connectivity index (χ1) is 5.36. The summed E-state index contributed by atoms with van der Waals surface area (Å²) in [5.74, 6) is 0. The maximum Gasteiger partial charge on any atom is 0.204 e. The molecule has 0 bridgehead atoms. The number of aryl methyl sites for hydroxylation is 1. The molecule has 0 N–H and O–H groups in total. The molecular formula is C5H7N5S. The molecule has 0 aliphatic heterocycles. The van der Waals surface area contributed by atoms with Crippen LogP contribution < -0.4 is 0 Å². The summed E-state index contributed by atoms with van der Waals surface area (Å²) in [4.78, 5) is 2.61. The maximum absolute atomic E-state index is 8.06. The zero-order valence-electron chi connectivity index (χ0n) is 6.06. The Kier molecular flexibility index (Phi) is 2.83. The Bertz CT molecular complexity index is 274. The molecule has 0 fully saturated rings. The normalized spacial score (nSPS) is 9.18. The lowest BCUT2D eigenvalue weighted by atomic mass is 10.4. The summed E-state index contributed by atoms with van der Waals surface area (Å²) in [5.41, 5.74) is 8.06. The molecule has 0 atom stereocenters. The average molecular weight is 169 g/mol. The van der Waals surface area contributed by atoms with Gasteiger partial charge in [0, 0.05) is 11.3 Å². The molecule has 0 aliphatic rings. The van der Waals surface area contributed by atoms with Crippen molar-refractivity contribution in [1.82, 2.24) is 10.2 Å². The molecule has 1 aromatic heterocycles. The molecule has 0 aliphatic carbocycles. The number of hydrogen-bond acceptors (Lipinski definition) is 4. The van der Waals surface area contributed by atoms with Gasteiger partial charge in [0.2, 0.25) is 5.13 Å². The second-order valence-corrected chi connectivity index (χ2v) is 2.96. The Labute approximate surface area is 67.7 Å². The molecule has 0 amide bonds. The fraction of sp³-hybridized carbons (Fsp3) is 0.600. The van der Waals surface area contributed by atoms with E-state index in [9.17, 15) is 0 Å². The summed E-state index contributed by atoms with van der Waals surface area (Å²) in [6.45, 7) is 2.06. The summed E-state index contributed by atoms with van der Waals surface area (Å²) >= 11 is 1.34. The van der Waals surface area contributed by atoms with Gasteiger partial charge < -0.3 is 0 Å². The van der Waals surface area contributed by atoms with Crippen LogP contribution in [0, 0.1) is 0 Å². The van der Waals surface area contributed by atoms with Crippen LogP contribution in [0.5, 0.6) is 0 Å². The van der Waals surface area contributed by atoms with E-state index in [-0.39, 0.29) is 0 Å². The van der Waals surface area contributed by atoms with Crippen molar-refractivity contribution in [2.24, 2.45) is 5.11 Å². The lowest BCUT2D eigenvalue weighted by Crippen LogP contribution is -1.79. The summed E-state index contributed by atoms with van der Waals surface area (Å²) in [5, 5.41) is 12.2. The van der Waals surface area contributed by atoms with Crippen LogP contribution in [0.1, 0.15) is 18.4 Å². The summed E-state index contributed by atoms with van der Waals surface area (Å²) in [7, 11) is 0. The van der Waals surface area contributed by atoms with Gasteiger partial charge in [-0.05, 0) is 17.1 Å². The fourth-order valence-corrected chi connectivity index (χ4v) is 1.40. The highest BCUT2D eigenvalue weighted by molar-refractivity contribution is 7.14. The smallest absolute Gasteiger partial charge is 0.143 e. The summed E-state index contributed by atoms with van der Waals surface area (Å²) in [6, 6.07) is 0. The molecule has 1 rings (SSSR count). The van der Waals surface area contributed by atoms with Gasteiger partial charge in [-0.2, -0.15) is 0 Å². The van der Waals surface area contributed by atoms with Crippen LogP contribution in [0.2, 0.25) is 0 Å². The van der Waals surface area contributed by atoms with Crippen molar-refractivity contribution in [2.45, 2.75) is 19.8 Å². The number of nitrogens with zero attached hydrogens (tertiary/aromatic N) is 5. The fourth-order valence-electron chi connectivity index (χ4n) is 0.638. The van der Waals surface area contributed by atoms with Crippen LogP contribution in [-0.4, -0.2) is 10.2 Å². The Morgan fingerprint density at radius 3 is 3.09 bits per heavy atom. The number of hydrogen-bond donors (Lipinski definition) is 0. The van der Waals surface area contributed by atoms with Crippen LogP contribution in [0.15, 0.2) is 5.11 Å². The molecule has 0 saturated heterocycles. The Balaban J connectivity index is 2.73. The van der Waals surface area contributed by atoms with Crippen LogP contribution >= 0.6 is 11.3 Å². The highest BCUT2D eigenvalue weighted by Crippen LogP contribution is 2.19. The molecule has 6 heteroatoms. The molecule has 1 heterocycles. The van der Waals surface area contributed by atoms with Gasteiger partial charge in [0.05, 0.1) is 0 Å². The van der Waals surface area contributed by atoms with Crippen molar-refractivity contribution in [2.75, 3.05) is 0 Å². The van der Waals surface area contributed by atoms with E-state index < -0.39 is 0 Å². The Morgan fingerprint density at radius 1 is 1.64 bits per heavy atom. The molecule has 0 aromatic carbocycles. The first kappa shape index (κ1) is 7.97. The van der Waals surface area contributed by atoms with Gasteiger partial charge in [-0.15, -0.1) is 10.2 Å². The zero-order valence-corrected chi connectivity index (χ0v) is 6.88. The molecule has 1 aromatic rings. The van der Waals surface area contributed by atoms with Crippen molar-refractivity contribution >= 4 is 16.5 Å². The van der Waals surface area contributed by atoms with E-state index in [0.717, 1.165) is 17.8 Å². The van der Waals surface area contributed by atoms with E-state index in [1.54, 1.807) is 0 Å². The van der Waals surface area contributed by atoms with Gasteiger partial charge in [0.1, 0.15) is 5.01 Å². The molecule has 0 spiro atoms. The predicted octanol–water partition coefficient (Wildman–Crippen LogP) is 2.43. The lowest BCUT2D eigenvalue weighted by Gasteiger charge is -1.83. The van der Waals surface area contributed by atoms with Crippen molar-refractivity contribution in [1.29, 1.82) is 0 Å². The maximum atomic E-state index is 8.06. The third-order valence-corrected chi connectivity index (χ3v) is 1.92. The minimum absolute atomic E-state index is 0.399. The van der Waals surface area contributed by atoms with E-state index in [0.29, 0.717) is 5.13 Å². The topological polar surface area (TPSA) is 74.5 Å². The second-order valence-electron chi connectivity index (χ2n) is 1.92. The van der Waals surface area contributed by atoms with Crippen molar-refractivity contribution in [3.63, 3.8) is 0 Å². The van der Waals surface area contributed by atoms with Gasteiger partial charge in [-0.1, -0.05) is 18.3 Å². The summed E-state index contributed by atoms with van der Waals surface area (Å²) < 4.78 is 0. The third kappa shape index (κ3) is 2.18. The van der Waals surface area contributed by atoms with E-state index in [4.69, 9.17) is 5.53 Å². The number of rotatable bonds is 3. The largest absolute Gasteiger partial charge is 0.204 e. The van der Waals surface area contributed by atoms with Crippen LogP contribution in [0.4, 0.5) is 5.13 Å². The van der Waals surface area contributed by atoms with Crippen LogP contribution in [0.25, 0.3) is 10.4 Å². The molecular weight excluding hydrogens is 162 g/mol. The van der Waals surface area contributed by atoms with Crippen molar-refractivity contribution in [3.05, 3.63) is 15.5 Å². The molecule has 11 heavy (non-hydrogen) atoms. The lowest BCUT2D eigenvalue weighted by molar-refractivity contribution is 0.878. The third-order valence-electron chi connectivity index (χ3n) is 1.05. The first-order valence-corrected chi connectivity index (χ1v) is 4.06. The molecule has 0 unspecified atom stereocenters.